The predicted molar refractivity (Wildman–Crippen MR) is 71.9 cm³/mol. The van der Waals surface area contributed by atoms with E-state index in [0.29, 0.717) is 13.0 Å². The summed E-state index contributed by atoms with van der Waals surface area (Å²) in [5.74, 6) is 0. The average Bonchev–Trinajstić information content (AvgIpc) is 2.92. The second-order valence-electron chi connectivity index (χ2n) is 4.57. The number of benzene rings is 1. The Labute approximate surface area is 117 Å². The molecule has 1 heterocycles. The molecule has 0 amide bonds. The first kappa shape index (κ1) is 14.9. The molecule has 0 spiro atoms. The molecule has 1 aliphatic rings. The van der Waals surface area contributed by atoms with Crippen LogP contribution < -0.4 is 4.72 Å². The lowest BCUT2D eigenvalue weighted by molar-refractivity contribution is -0.384. The highest BCUT2D eigenvalue weighted by atomic mass is 32.2. The average molecular weight is 300 g/mol. The Hall–Kier alpha value is -1.51. The van der Waals surface area contributed by atoms with E-state index >= 15 is 0 Å². The number of nitrogens with one attached hydrogen (secondary N) is 1. The lowest BCUT2D eigenvalue weighted by Crippen LogP contribution is -2.27. The first-order valence-electron chi connectivity index (χ1n) is 6.35. The van der Waals surface area contributed by atoms with Gasteiger partial charge in [0.05, 0.1) is 15.9 Å². The second kappa shape index (κ2) is 6.29. The summed E-state index contributed by atoms with van der Waals surface area (Å²) >= 11 is 0. The fourth-order valence-corrected chi connectivity index (χ4v) is 3.10. The number of rotatable bonds is 6. The third kappa shape index (κ3) is 3.75. The van der Waals surface area contributed by atoms with Crippen molar-refractivity contribution >= 4 is 15.7 Å². The van der Waals surface area contributed by atoms with E-state index in [1.807, 2.05) is 0 Å². The largest absolute Gasteiger partial charge is 0.378 e. The molecule has 20 heavy (non-hydrogen) atoms. The molecule has 7 nitrogen and oxygen atoms in total. The number of hydrogen-bond donors (Lipinski definition) is 1. The molecule has 2 rings (SSSR count). The van der Waals surface area contributed by atoms with Crippen LogP contribution in [0.15, 0.2) is 29.2 Å². The minimum atomic E-state index is -3.62. The Balaban J connectivity index is 1.93. The van der Waals surface area contributed by atoms with Gasteiger partial charge in [-0.2, -0.15) is 0 Å². The maximum atomic E-state index is 12.0. The molecular formula is C12H16N2O5S. The highest BCUT2D eigenvalue weighted by molar-refractivity contribution is 7.89. The number of ether oxygens (including phenoxy) is 1. The zero-order valence-electron chi connectivity index (χ0n) is 10.8. The Bertz CT molecular complexity index is 564. The predicted octanol–water partition coefficient (Wildman–Crippen LogP) is 1.44. The van der Waals surface area contributed by atoms with Crippen LogP contribution in [0.1, 0.15) is 19.3 Å². The molecule has 8 heteroatoms. The zero-order chi connectivity index (χ0) is 14.6. The Morgan fingerprint density at radius 2 is 2.05 bits per heavy atom. The van der Waals surface area contributed by atoms with Gasteiger partial charge in [0.25, 0.3) is 5.69 Å². The van der Waals surface area contributed by atoms with Gasteiger partial charge < -0.3 is 4.74 Å². The van der Waals surface area contributed by atoms with Crippen molar-refractivity contribution in [3.8, 4) is 0 Å². The molecule has 0 aromatic heterocycles. The van der Waals surface area contributed by atoms with Crippen LogP contribution in [0.3, 0.4) is 0 Å². The fraction of sp³-hybridized carbons (Fsp3) is 0.500. The smallest absolute Gasteiger partial charge is 0.269 e. The summed E-state index contributed by atoms with van der Waals surface area (Å²) < 4.78 is 31.8. The second-order valence-corrected chi connectivity index (χ2v) is 6.34. The van der Waals surface area contributed by atoms with Crippen molar-refractivity contribution in [1.29, 1.82) is 0 Å². The minimum absolute atomic E-state index is 0.0236. The van der Waals surface area contributed by atoms with E-state index in [0.717, 1.165) is 19.4 Å². The number of hydrogen-bond acceptors (Lipinski definition) is 5. The van der Waals surface area contributed by atoms with Crippen molar-refractivity contribution in [2.45, 2.75) is 30.3 Å². The summed E-state index contributed by atoms with van der Waals surface area (Å²) in [4.78, 5) is 9.96. The van der Waals surface area contributed by atoms with Gasteiger partial charge in [-0.25, -0.2) is 13.1 Å². The van der Waals surface area contributed by atoms with Crippen molar-refractivity contribution in [1.82, 2.24) is 4.72 Å². The van der Waals surface area contributed by atoms with Gasteiger partial charge in [-0.15, -0.1) is 0 Å². The lowest BCUT2D eigenvalue weighted by Gasteiger charge is -2.10. The number of nitro benzene ring substituents is 1. The summed E-state index contributed by atoms with van der Waals surface area (Å²) in [6.45, 7) is 1.03. The lowest BCUT2D eigenvalue weighted by atomic mass is 10.2. The van der Waals surface area contributed by atoms with Crippen molar-refractivity contribution in [3.63, 3.8) is 0 Å². The van der Waals surface area contributed by atoms with Crippen LogP contribution in [0.5, 0.6) is 0 Å². The quantitative estimate of drug-likeness (QED) is 0.633. The number of sulfonamides is 1. The van der Waals surface area contributed by atoms with Crippen molar-refractivity contribution in [2.75, 3.05) is 13.2 Å². The molecule has 1 aliphatic heterocycles. The molecule has 110 valence electrons. The van der Waals surface area contributed by atoms with Gasteiger partial charge in [0.2, 0.25) is 10.0 Å². The highest BCUT2D eigenvalue weighted by Crippen LogP contribution is 2.17. The molecular weight excluding hydrogens is 284 g/mol. The van der Waals surface area contributed by atoms with Crippen LogP contribution in [0.4, 0.5) is 5.69 Å². The maximum Gasteiger partial charge on any atom is 0.269 e. The van der Waals surface area contributed by atoms with Crippen LogP contribution in [0.25, 0.3) is 0 Å². The van der Waals surface area contributed by atoms with E-state index in [-0.39, 0.29) is 16.7 Å². The van der Waals surface area contributed by atoms with E-state index in [2.05, 4.69) is 4.72 Å². The first-order valence-corrected chi connectivity index (χ1v) is 7.83. The molecule has 1 aromatic carbocycles. The fourth-order valence-electron chi connectivity index (χ4n) is 2.06. The third-order valence-electron chi connectivity index (χ3n) is 3.14. The topological polar surface area (TPSA) is 98.5 Å². The van der Waals surface area contributed by atoms with E-state index < -0.39 is 14.9 Å². The van der Waals surface area contributed by atoms with E-state index in [9.17, 15) is 18.5 Å². The van der Waals surface area contributed by atoms with Gasteiger partial charge in [-0.1, -0.05) is 0 Å². The molecule has 1 aromatic rings. The molecule has 0 bridgehead atoms. The number of non-ortho nitro benzene ring substituents is 1. The third-order valence-corrected chi connectivity index (χ3v) is 4.62. The number of nitrogens with zero attached hydrogens (tertiary/aromatic N) is 1. The zero-order valence-corrected chi connectivity index (χ0v) is 11.6. The van der Waals surface area contributed by atoms with E-state index in [1.165, 1.54) is 24.3 Å². The Morgan fingerprint density at radius 3 is 2.60 bits per heavy atom. The van der Waals surface area contributed by atoms with Gasteiger partial charge >= 0.3 is 0 Å². The first-order chi connectivity index (χ1) is 9.49. The van der Waals surface area contributed by atoms with Gasteiger partial charge in [-0.3, -0.25) is 10.1 Å². The summed E-state index contributed by atoms with van der Waals surface area (Å²) in [7, 11) is -3.62. The highest BCUT2D eigenvalue weighted by Gasteiger charge is 2.18. The molecule has 0 aliphatic carbocycles. The van der Waals surface area contributed by atoms with Crippen LogP contribution in [0.2, 0.25) is 0 Å². The monoisotopic (exact) mass is 300 g/mol. The van der Waals surface area contributed by atoms with E-state index in [1.54, 1.807) is 0 Å². The molecule has 1 fully saturated rings. The summed E-state index contributed by atoms with van der Waals surface area (Å²) in [6, 6.07) is 4.81. The van der Waals surface area contributed by atoms with E-state index in [4.69, 9.17) is 4.74 Å². The van der Waals surface area contributed by atoms with Crippen LogP contribution in [-0.4, -0.2) is 32.6 Å². The summed E-state index contributed by atoms with van der Waals surface area (Å²) in [5.41, 5.74) is -0.136. The summed E-state index contributed by atoms with van der Waals surface area (Å²) in [6.07, 6.45) is 2.72. The van der Waals surface area contributed by atoms with Gasteiger partial charge in [0.1, 0.15) is 0 Å². The molecule has 0 radical (unpaired) electrons. The van der Waals surface area contributed by atoms with Crippen molar-refractivity contribution in [3.05, 3.63) is 34.4 Å². The molecule has 1 N–H and O–H groups in total. The maximum absolute atomic E-state index is 12.0. The normalized spacial score (nSPS) is 19.1. The molecule has 1 saturated heterocycles. The summed E-state index contributed by atoms with van der Waals surface area (Å²) in [5, 5.41) is 10.5. The Morgan fingerprint density at radius 1 is 1.35 bits per heavy atom. The number of nitro groups is 1. The van der Waals surface area contributed by atoms with Crippen LogP contribution in [-0.2, 0) is 14.8 Å². The Kier molecular flexibility index (Phi) is 4.69. The molecule has 0 unspecified atom stereocenters. The van der Waals surface area contributed by atoms with Gasteiger partial charge in [0, 0.05) is 25.3 Å². The SMILES string of the molecule is O=[N+]([O-])c1ccc(S(=O)(=O)NCC[C@@H]2CCCO2)cc1. The minimum Gasteiger partial charge on any atom is -0.378 e. The van der Waals surface area contributed by atoms with Crippen LogP contribution in [0, 0.1) is 10.1 Å². The van der Waals surface area contributed by atoms with Crippen LogP contribution >= 0.6 is 0 Å². The molecule has 1 atom stereocenters. The van der Waals surface area contributed by atoms with Gasteiger partial charge in [0.15, 0.2) is 0 Å². The standard InChI is InChI=1S/C12H16N2O5S/c15-14(16)10-3-5-12(6-4-10)20(17,18)13-8-7-11-2-1-9-19-11/h3-6,11,13H,1-2,7-9H2/t11-/m0/s1. The van der Waals surface area contributed by atoms with Crippen molar-refractivity contribution < 1.29 is 18.1 Å². The van der Waals surface area contributed by atoms with Gasteiger partial charge in [-0.05, 0) is 31.4 Å². The van der Waals surface area contributed by atoms with Crippen molar-refractivity contribution in [2.24, 2.45) is 0 Å². The molecule has 0 saturated carbocycles.